The third-order valence-electron chi connectivity index (χ3n) is 5.11. The van der Waals surface area contributed by atoms with Gasteiger partial charge in [0.25, 0.3) is 5.56 Å². The summed E-state index contributed by atoms with van der Waals surface area (Å²) < 4.78 is 10.3. The zero-order chi connectivity index (χ0) is 21.3. The van der Waals surface area contributed by atoms with E-state index in [4.69, 9.17) is 21.1 Å². The first kappa shape index (κ1) is 20.3. The Bertz CT molecular complexity index is 1150. The van der Waals surface area contributed by atoms with E-state index in [1.165, 1.54) is 0 Å². The predicted octanol–water partition coefficient (Wildman–Crippen LogP) is 3.57. The van der Waals surface area contributed by atoms with Gasteiger partial charge in [-0.25, -0.2) is 4.79 Å². The highest BCUT2D eigenvalue weighted by Gasteiger charge is 2.21. The van der Waals surface area contributed by atoms with Crippen LogP contribution in [0.2, 0.25) is 5.02 Å². The van der Waals surface area contributed by atoms with Crippen LogP contribution in [0.1, 0.15) is 17.3 Å². The molecule has 7 nitrogen and oxygen atoms in total. The minimum absolute atomic E-state index is 0.0944. The zero-order valence-electron chi connectivity index (χ0n) is 16.4. The predicted molar refractivity (Wildman–Crippen MR) is 116 cm³/mol. The summed E-state index contributed by atoms with van der Waals surface area (Å²) in [5, 5.41) is 11.4. The Morgan fingerprint density at radius 2 is 1.93 bits per heavy atom. The number of hydrogen-bond donors (Lipinski definition) is 2. The maximum Gasteiger partial charge on any atom is 0.347 e. The van der Waals surface area contributed by atoms with Gasteiger partial charge in [-0.2, -0.15) is 0 Å². The van der Waals surface area contributed by atoms with Crippen molar-refractivity contribution in [1.29, 1.82) is 0 Å². The second kappa shape index (κ2) is 8.38. The Morgan fingerprint density at radius 3 is 2.60 bits per heavy atom. The van der Waals surface area contributed by atoms with Crippen LogP contribution in [0.4, 0.5) is 5.69 Å². The van der Waals surface area contributed by atoms with Crippen molar-refractivity contribution < 1.29 is 19.4 Å². The number of carbonyl (C=O) groups excluding carboxylic acids is 1. The molecule has 30 heavy (non-hydrogen) atoms. The highest BCUT2D eigenvalue weighted by Crippen LogP contribution is 2.36. The van der Waals surface area contributed by atoms with Crippen LogP contribution in [-0.4, -0.2) is 49.0 Å². The Morgan fingerprint density at radius 1 is 1.23 bits per heavy atom. The SMILES string of the molecule is CCOC(=O)c1c(O)c2cc(-c3ccc(N4CCOCC4)cc3)c(Cl)cc2[nH]c1=O. The van der Waals surface area contributed by atoms with E-state index in [0.717, 1.165) is 24.3 Å². The number of aromatic nitrogens is 1. The number of anilines is 1. The first-order valence-electron chi connectivity index (χ1n) is 9.68. The van der Waals surface area contributed by atoms with Gasteiger partial charge >= 0.3 is 5.97 Å². The second-order valence-electron chi connectivity index (χ2n) is 6.92. The van der Waals surface area contributed by atoms with Gasteiger partial charge in [-0.3, -0.25) is 4.79 Å². The maximum absolute atomic E-state index is 12.3. The number of carbonyl (C=O) groups is 1. The summed E-state index contributed by atoms with van der Waals surface area (Å²) >= 11 is 6.46. The van der Waals surface area contributed by atoms with Gasteiger partial charge in [-0.15, -0.1) is 0 Å². The van der Waals surface area contributed by atoms with E-state index >= 15 is 0 Å². The topological polar surface area (TPSA) is 91.9 Å². The fraction of sp³-hybridized carbons (Fsp3) is 0.273. The van der Waals surface area contributed by atoms with Gasteiger partial charge in [0.15, 0.2) is 5.56 Å². The first-order valence-corrected chi connectivity index (χ1v) is 10.1. The molecule has 0 unspecified atom stereocenters. The molecule has 8 heteroatoms. The third-order valence-corrected chi connectivity index (χ3v) is 5.42. The Balaban J connectivity index is 1.76. The van der Waals surface area contributed by atoms with Crippen molar-refractivity contribution in [3.63, 3.8) is 0 Å². The summed E-state index contributed by atoms with van der Waals surface area (Å²) in [6.07, 6.45) is 0. The summed E-state index contributed by atoms with van der Waals surface area (Å²) in [6, 6.07) is 11.2. The van der Waals surface area contributed by atoms with Crippen LogP contribution in [0.25, 0.3) is 22.0 Å². The average Bonchev–Trinajstić information content (AvgIpc) is 2.74. The monoisotopic (exact) mass is 428 g/mol. The van der Waals surface area contributed by atoms with Crippen LogP contribution < -0.4 is 10.5 Å². The molecule has 0 amide bonds. The Kier molecular flexibility index (Phi) is 5.65. The summed E-state index contributed by atoms with van der Waals surface area (Å²) in [4.78, 5) is 29.2. The molecule has 1 saturated heterocycles. The molecule has 0 atom stereocenters. The van der Waals surface area contributed by atoms with Gasteiger partial charge in [0, 0.05) is 29.7 Å². The minimum Gasteiger partial charge on any atom is -0.506 e. The molecule has 0 spiro atoms. The largest absolute Gasteiger partial charge is 0.506 e. The number of fused-ring (bicyclic) bond motifs is 1. The number of pyridine rings is 1. The van der Waals surface area contributed by atoms with Gasteiger partial charge in [0.2, 0.25) is 0 Å². The van der Waals surface area contributed by atoms with Crippen molar-refractivity contribution in [3.8, 4) is 16.9 Å². The number of benzene rings is 2. The number of aromatic hydroxyl groups is 1. The van der Waals surface area contributed by atoms with Crippen molar-refractivity contribution in [2.45, 2.75) is 6.92 Å². The molecule has 1 aromatic heterocycles. The molecule has 0 radical (unpaired) electrons. The molecule has 0 aliphatic carbocycles. The average molecular weight is 429 g/mol. The number of morpholine rings is 1. The summed E-state index contributed by atoms with van der Waals surface area (Å²) in [5.41, 5.74) is 1.81. The van der Waals surface area contributed by atoms with E-state index in [9.17, 15) is 14.7 Å². The zero-order valence-corrected chi connectivity index (χ0v) is 17.2. The van der Waals surface area contributed by atoms with Crippen LogP contribution in [0, 0.1) is 0 Å². The Labute approximate surface area is 177 Å². The van der Waals surface area contributed by atoms with Gasteiger partial charge < -0.3 is 24.5 Å². The Hall–Kier alpha value is -3.03. The molecule has 1 fully saturated rings. The molecule has 2 N–H and O–H groups in total. The lowest BCUT2D eigenvalue weighted by molar-refractivity contribution is 0.0521. The van der Waals surface area contributed by atoms with Crippen LogP contribution in [0.3, 0.4) is 0 Å². The smallest absolute Gasteiger partial charge is 0.347 e. The summed E-state index contributed by atoms with van der Waals surface area (Å²) in [7, 11) is 0. The third kappa shape index (κ3) is 3.74. The van der Waals surface area contributed by atoms with E-state index in [2.05, 4.69) is 9.88 Å². The van der Waals surface area contributed by atoms with Gasteiger partial charge in [-0.05, 0) is 36.8 Å². The number of H-pyrrole nitrogens is 1. The highest BCUT2D eigenvalue weighted by atomic mass is 35.5. The number of nitrogens with one attached hydrogen (secondary N) is 1. The van der Waals surface area contributed by atoms with E-state index in [1.807, 2.05) is 24.3 Å². The molecular weight excluding hydrogens is 408 g/mol. The van der Waals surface area contributed by atoms with Crippen molar-refractivity contribution in [2.24, 2.45) is 0 Å². The molecule has 1 aliphatic heterocycles. The maximum atomic E-state index is 12.3. The number of halogens is 1. The lowest BCUT2D eigenvalue weighted by Crippen LogP contribution is -2.36. The van der Waals surface area contributed by atoms with Crippen LogP contribution >= 0.6 is 11.6 Å². The highest BCUT2D eigenvalue weighted by molar-refractivity contribution is 6.34. The molecule has 0 saturated carbocycles. The molecule has 2 aromatic carbocycles. The molecule has 0 bridgehead atoms. The molecule has 4 rings (SSSR count). The number of ether oxygens (including phenoxy) is 2. The molecule has 2 heterocycles. The number of esters is 1. The lowest BCUT2D eigenvalue weighted by Gasteiger charge is -2.29. The fourth-order valence-electron chi connectivity index (χ4n) is 3.59. The van der Waals surface area contributed by atoms with Crippen molar-refractivity contribution in [3.05, 3.63) is 57.3 Å². The summed E-state index contributed by atoms with van der Waals surface area (Å²) in [6.45, 7) is 4.82. The van der Waals surface area contributed by atoms with E-state index < -0.39 is 22.8 Å². The quantitative estimate of drug-likeness (QED) is 0.617. The van der Waals surface area contributed by atoms with Crippen molar-refractivity contribution in [1.82, 2.24) is 4.98 Å². The first-order chi connectivity index (χ1) is 14.5. The molecule has 156 valence electrons. The van der Waals surface area contributed by atoms with Gasteiger partial charge in [0.1, 0.15) is 5.75 Å². The van der Waals surface area contributed by atoms with E-state index in [1.54, 1.807) is 19.1 Å². The normalized spacial score (nSPS) is 14.1. The number of aromatic amines is 1. The summed E-state index contributed by atoms with van der Waals surface area (Å²) in [5.74, 6) is -1.29. The minimum atomic E-state index is -0.871. The number of hydrogen-bond acceptors (Lipinski definition) is 6. The lowest BCUT2D eigenvalue weighted by atomic mass is 10.0. The van der Waals surface area contributed by atoms with Crippen molar-refractivity contribution >= 4 is 34.2 Å². The van der Waals surface area contributed by atoms with E-state index in [-0.39, 0.29) is 6.61 Å². The van der Waals surface area contributed by atoms with Crippen LogP contribution in [0.5, 0.6) is 5.75 Å². The number of nitrogens with zero attached hydrogens (tertiary/aromatic N) is 1. The number of rotatable bonds is 4. The fourth-order valence-corrected chi connectivity index (χ4v) is 3.86. The van der Waals surface area contributed by atoms with Gasteiger partial charge in [-0.1, -0.05) is 23.7 Å². The molecule has 1 aliphatic rings. The molecular formula is C22H21ClN2O5. The molecule has 3 aromatic rings. The van der Waals surface area contributed by atoms with Crippen molar-refractivity contribution in [2.75, 3.05) is 37.8 Å². The second-order valence-corrected chi connectivity index (χ2v) is 7.33. The van der Waals surface area contributed by atoms with Gasteiger partial charge in [0.05, 0.1) is 30.4 Å². The van der Waals surface area contributed by atoms with E-state index in [0.29, 0.717) is 34.7 Å². The van der Waals surface area contributed by atoms with Crippen LogP contribution in [0.15, 0.2) is 41.2 Å². The van der Waals surface area contributed by atoms with Crippen LogP contribution in [-0.2, 0) is 9.47 Å². The standard InChI is InChI=1S/C22H21ClN2O5/c1-2-30-22(28)19-20(26)16-11-15(17(23)12-18(16)24-21(19)27)13-3-5-14(6-4-13)25-7-9-29-10-8-25/h3-6,11-12H,2,7-10H2,1H3,(H2,24,26,27).